The molecule has 2 aromatic heterocycles. The van der Waals surface area contributed by atoms with Gasteiger partial charge in [0.15, 0.2) is 0 Å². The van der Waals surface area contributed by atoms with Gasteiger partial charge in [-0.2, -0.15) is 0 Å². The fourth-order valence-electron chi connectivity index (χ4n) is 5.92. The number of nitrogens with zero attached hydrogens (tertiary/aromatic N) is 2. The molecule has 0 aliphatic heterocycles. The summed E-state index contributed by atoms with van der Waals surface area (Å²) in [5.41, 5.74) is 8.64. The number of allylic oxidation sites excluding steroid dienone is 2. The lowest BCUT2D eigenvalue weighted by molar-refractivity contribution is -0.120. The van der Waals surface area contributed by atoms with E-state index in [0.717, 1.165) is 18.3 Å². The minimum absolute atomic E-state index is 0.0715. The van der Waals surface area contributed by atoms with Crippen LogP contribution in [-0.2, 0) is 16.0 Å². The Labute approximate surface area is 186 Å². The maximum atomic E-state index is 13.1. The maximum absolute atomic E-state index is 13.1. The van der Waals surface area contributed by atoms with E-state index in [0.29, 0.717) is 23.6 Å². The van der Waals surface area contributed by atoms with Crippen LogP contribution in [0.5, 0.6) is 0 Å². The first-order valence-corrected chi connectivity index (χ1v) is 11.4. The van der Waals surface area contributed by atoms with Gasteiger partial charge in [-0.15, -0.1) is 0 Å². The molecule has 2 aromatic rings. The van der Waals surface area contributed by atoms with Gasteiger partial charge in [-0.25, -0.2) is 4.98 Å². The second-order valence-electron chi connectivity index (χ2n) is 9.59. The van der Waals surface area contributed by atoms with Crippen LogP contribution < -0.4 is 16.4 Å². The molecule has 32 heavy (non-hydrogen) atoms. The van der Waals surface area contributed by atoms with Gasteiger partial charge >= 0.3 is 0 Å². The van der Waals surface area contributed by atoms with Crippen molar-refractivity contribution in [3.05, 3.63) is 47.4 Å². The molecule has 0 spiro atoms. The molecule has 2 bridgehead atoms. The Hall–Kier alpha value is -3.16. The minimum Gasteiger partial charge on any atom is -0.370 e. The highest BCUT2D eigenvalue weighted by atomic mass is 16.2. The molecule has 2 heterocycles. The zero-order chi connectivity index (χ0) is 22.3. The summed E-state index contributed by atoms with van der Waals surface area (Å²) < 4.78 is 1.74. The van der Waals surface area contributed by atoms with Crippen molar-refractivity contribution in [2.24, 2.45) is 23.0 Å². The SMILES string of the molecule is NC(=O)CCNC(=O)Cc1cn2c(C(=O)NCC34CC=C5CCC(C3)C5C4)cccc2n1. The van der Waals surface area contributed by atoms with Gasteiger partial charge < -0.3 is 16.4 Å². The number of imidazole rings is 1. The van der Waals surface area contributed by atoms with Crippen molar-refractivity contribution in [2.45, 2.75) is 44.9 Å². The van der Waals surface area contributed by atoms with Gasteiger partial charge in [0.05, 0.1) is 12.1 Å². The fourth-order valence-corrected chi connectivity index (χ4v) is 5.92. The van der Waals surface area contributed by atoms with Gasteiger partial charge in [0.2, 0.25) is 11.8 Å². The summed E-state index contributed by atoms with van der Waals surface area (Å²) in [6.45, 7) is 0.901. The van der Waals surface area contributed by atoms with Gasteiger partial charge in [-0.1, -0.05) is 17.7 Å². The third kappa shape index (κ3) is 3.89. The van der Waals surface area contributed by atoms with E-state index in [-0.39, 0.29) is 36.6 Å². The van der Waals surface area contributed by atoms with E-state index in [4.69, 9.17) is 5.73 Å². The molecule has 3 aliphatic rings. The summed E-state index contributed by atoms with van der Waals surface area (Å²) in [6, 6.07) is 5.40. The van der Waals surface area contributed by atoms with E-state index < -0.39 is 5.91 Å². The number of aromatic nitrogens is 2. The summed E-state index contributed by atoms with van der Waals surface area (Å²) in [4.78, 5) is 40.4. The molecule has 4 N–H and O–H groups in total. The van der Waals surface area contributed by atoms with E-state index in [9.17, 15) is 14.4 Å². The van der Waals surface area contributed by atoms with Gasteiger partial charge in [-0.3, -0.25) is 18.8 Å². The monoisotopic (exact) mass is 435 g/mol. The third-order valence-electron chi connectivity index (χ3n) is 7.43. The molecule has 2 saturated carbocycles. The molecule has 0 saturated heterocycles. The highest BCUT2D eigenvalue weighted by Crippen LogP contribution is 2.59. The van der Waals surface area contributed by atoms with Gasteiger partial charge in [0.1, 0.15) is 11.3 Å². The Morgan fingerprint density at radius 2 is 2.09 bits per heavy atom. The number of carbonyl (C=O) groups excluding carboxylic acids is 3. The topological polar surface area (TPSA) is 119 Å². The molecule has 168 valence electrons. The third-order valence-corrected chi connectivity index (χ3v) is 7.43. The number of nitrogens with two attached hydrogens (primary N) is 1. The first kappa shape index (κ1) is 20.7. The van der Waals surface area contributed by atoms with Crippen LogP contribution in [0.3, 0.4) is 0 Å². The standard InChI is InChI=1S/C24H29N5O3/c25-20(30)7-9-26-22(31)10-17-13-29-19(2-1-3-21(29)28-17)23(32)27-14-24-8-6-15-4-5-16(11-24)18(15)12-24/h1-3,6,13,16,18H,4-5,7-12,14H2,(H2,25,30)(H,26,31)(H,27,32). The van der Waals surface area contributed by atoms with Crippen LogP contribution >= 0.6 is 0 Å². The zero-order valence-corrected chi connectivity index (χ0v) is 18.1. The smallest absolute Gasteiger partial charge is 0.268 e. The molecule has 8 heteroatoms. The Kier molecular flexibility index (Phi) is 5.23. The predicted molar refractivity (Wildman–Crippen MR) is 119 cm³/mol. The van der Waals surface area contributed by atoms with Crippen LogP contribution in [-0.4, -0.2) is 40.2 Å². The van der Waals surface area contributed by atoms with Gasteiger partial charge in [0.25, 0.3) is 5.91 Å². The van der Waals surface area contributed by atoms with Gasteiger partial charge in [-0.05, 0) is 61.5 Å². The van der Waals surface area contributed by atoms with Crippen molar-refractivity contribution in [1.82, 2.24) is 20.0 Å². The van der Waals surface area contributed by atoms with Crippen molar-refractivity contribution in [2.75, 3.05) is 13.1 Å². The second-order valence-corrected chi connectivity index (χ2v) is 9.59. The Balaban J connectivity index is 1.25. The van der Waals surface area contributed by atoms with Crippen molar-refractivity contribution < 1.29 is 14.4 Å². The number of carbonyl (C=O) groups is 3. The molecule has 3 aliphatic carbocycles. The molecule has 3 amide bonds. The molecule has 0 aromatic carbocycles. The van der Waals surface area contributed by atoms with Crippen molar-refractivity contribution >= 4 is 23.4 Å². The molecule has 2 fully saturated rings. The molecule has 5 rings (SSSR count). The number of amides is 3. The van der Waals surface area contributed by atoms with Crippen molar-refractivity contribution in [3.63, 3.8) is 0 Å². The van der Waals surface area contributed by atoms with Crippen LogP contribution in [0.25, 0.3) is 5.65 Å². The summed E-state index contributed by atoms with van der Waals surface area (Å²) in [7, 11) is 0. The lowest BCUT2D eigenvalue weighted by Crippen LogP contribution is -2.37. The van der Waals surface area contributed by atoms with E-state index >= 15 is 0 Å². The largest absolute Gasteiger partial charge is 0.370 e. The average Bonchev–Trinajstić information content (AvgIpc) is 3.40. The highest BCUT2D eigenvalue weighted by Gasteiger charge is 2.50. The van der Waals surface area contributed by atoms with Crippen molar-refractivity contribution in [3.8, 4) is 0 Å². The summed E-state index contributed by atoms with van der Waals surface area (Å²) in [5.74, 6) is 0.727. The number of fused-ring (bicyclic) bond motifs is 2. The van der Waals surface area contributed by atoms with E-state index in [1.54, 1.807) is 22.2 Å². The molecular weight excluding hydrogens is 406 g/mol. The summed E-state index contributed by atoms with van der Waals surface area (Å²) in [5, 5.41) is 5.84. The van der Waals surface area contributed by atoms with Crippen LogP contribution in [0.4, 0.5) is 0 Å². The van der Waals surface area contributed by atoms with E-state index in [1.165, 1.54) is 25.7 Å². The lowest BCUT2D eigenvalue weighted by atomic mass is 9.76. The van der Waals surface area contributed by atoms with Crippen LogP contribution in [0, 0.1) is 17.3 Å². The number of pyridine rings is 1. The van der Waals surface area contributed by atoms with E-state index in [2.05, 4.69) is 21.7 Å². The highest BCUT2D eigenvalue weighted by molar-refractivity contribution is 5.93. The summed E-state index contributed by atoms with van der Waals surface area (Å²) in [6.07, 6.45) is 10.4. The molecule has 3 atom stereocenters. The Bertz CT molecular complexity index is 1120. The molecule has 3 unspecified atom stereocenters. The second kappa shape index (κ2) is 8.07. The number of primary amides is 1. The zero-order valence-electron chi connectivity index (χ0n) is 18.1. The van der Waals surface area contributed by atoms with Crippen LogP contribution in [0.1, 0.15) is 54.7 Å². The minimum atomic E-state index is -0.460. The van der Waals surface area contributed by atoms with Crippen LogP contribution in [0.2, 0.25) is 0 Å². The van der Waals surface area contributed by atoms with Crippen LogP contribution in [0.15, 0.2) is 36.0 Å². The number of nitrogens with one attached hydrogen (secondary N) is 2. The average molecular weight is 436 g/mol. The summed E-state index contributed by atoms with van der Waals surface area (Å²) >= 11 is 0. The normalized spacial score (nSPS) is 25.6. The van der Waals surface area contributed by atoms with Crippen molar-refractivity contribution in [1.29, 1.82) is 0 Å². The number of hydrogen-bond acceptors (Lipinski definition) is 4. The van der Waals surface area contributed by atoms with E-state index in [1.807, 2.05) is 12.1 Å². The molecular formula is C24H29N5O3. The quantitative estimate of drug-likeness (QED) is 0.547. The first-order valence-electron chi connectivity index (χ1n) is 11.4. The Morgan fingerprint density at radius 3 is 2.94 bits per heavy atom. The molecule has 0 radical (unpaired) electrons. The number of rotatable bonds is 8. The maximum Gasteiger partial charge on any atom is 0.268 e. The molecule has 8 nitrogen and oxygen atoms in total. The lowest BCUT2D eigenvalue weighted by Gasteiger charge is -2.32. The number of hydrogen-bond donors (Lipinski definition) is 3. The Morgan fingerprint density at radius 1 is 1.22 bits per heavy atom. The first-order chi connectivity index (χ1) is 15.4. The van der Waals surface area contributed by atoms with Gasteiger partial charge in [0, 0.05) is 25.7 Å². The predicted octanol–water partition coefficient (Wildman–Crippen LogP) is 1.73. The fraction of sp³-hybridized carbons (Fsp3) is 0.500.